The third-order valence-electron chi connectivity index (χ3n) is 4.18. The number of aromatic nitrogens is 2. The van der Waals surface area contributed by atoms with Crippen molar-refractivity contribution >= 4 is 20.9 Å². The van der Waals surface area contributed by atoms with Crippen molar-refractivity contribution in [3.63, 3.8) is 0 Å². The highest BCUT2D eigenvalue weighted by molar-refractivity contribution is 7.90. The molecule has 0 amide bonds. The quantitative estimate of drug-likeness (QED) is 0.560. The number of benzene rings is 3. The average Bonchev–Trinajstić information content (AvgIpc) is 3.05. The molecule has 0 radical (unpaired) electrons. The van der Waals surface area contributed by atoms with Crippen LogP contribution in [0, 0.1) is 0 Å². The van der Waals surface area contributed by atoms with Gasteiger partial charge in [0.05, 0.1) is 15.9 Å². The normalized spacial score (nSPS) is 11.7. The van der Waals surface area contributed by atoms with Crippen LogP contribution in [0.1, 0.15) is 0 Å². The lowest BCUT2D eigenvalue weighted by atomic mass is 10.1. The predicted molar refractivity (Wildman–Crippen MR) is 99.6 cm³/mol. The SMILES string of the molecule is CS(=O)(=O)c1cccc(-c2ccc3c(c2)ncn3-c2ccccc2)c1. The molecule has 1 aromatic heterocycles. The summed E-state index contributed by atoms with van der Waals surface area (Å²) in [4.78, 5) is 4.82. The molecule has 5 heteroatoms. The fourth-order valence-electron chi connectivity index (χ4n) is 2.89. The maximum absolute atomic E-state index is 11.8. The van der Waals surface area contributed by atoms with Gasteiger partial charge in [0.2, 0.25) is 0 Å². The average molecular weight is 348 g/mol. The van der Waals surface area contributed by atoms with E-state index in [1.165, 1.54) is 6.26 Å². The summed E-state index contributed by atoms with van der Waals surface area (Å²) in [6.07, 6.45) is 3.02. The van der Waals surface area contributed by atoms with Crippen LogP contribution < -0.4 is 0 Å². The van der Waals surface area contributed by atoms with Crippen molar-refractivity contribution in [3.05, 3.63) is 79.1 Å². The molecule has 4 aromatic rings. The number of hydrogen-bond donors (Lipinski definition) is 0. The number of hydrogen-bond acceptors (Lipinski definition) is 3. The van der Waals surface area contributed by atoms with Crippen LogP contribution in [0.2, 0.25) is 0 Å². The molecule has 1 heterocycles. The van der Waals surface area contributed by atoms with E-state index in [0.29, 0.717) is 4.90 Å². The molecule has 0 saturated heterocycles. The summed E-state index contributed by atoms with van der Waals surface area (Å²) >= 11 is 0. The molecule has 4 rings (SSSR count). The lowest BCUT2D eigenvalue weighted by molar-refractivity contribution is 0.602. The van der Waals surface area contributed by atoms with E-state index in [9.17, 15) is 8.42 Å². The Hall–Kier alpha value is -2.92. The van der Waals surface area contributed by atoms with Gasteiger partial charge in [-0.2, -0.15) is 0 Å². The van der Waals surface area contributed by atoms with Crippen molar-refractivity contribution in [2.24, 2.45) is 0 Å². The van der Waals surface area contributed by atoms with Gasteiger partial charge in [0.25, 0.3) is 0 Å². The van der Waals surface area contributed by atoms with Crippen molar-refractivity contribution in [1.82, 2.24) is 9.55 Å². The summed E-state index contributed by atoms with van der Waals surface area (Å²) < 4.78 is 25.6. The molecule has 0 spiro atoms. The Balaban J connectivity index is 1.81. The molecule has 0 bridgehead atoms. The van der Waals surface area contributed by atoms with Crippen LogP contribution in [0.4, 0.5) is 0 Å². The smallest absolute Gasteiger partial charge is 0.175 e. The number of imidazole rings is 1. The monoisotopic (exact) mass is 348 g/mol. The van der Waals surface area contributed by atoms with Gasteiger partial charge in [-0.15, -0.1) is 0 Å². The number of fused-ring (bicyclic) bond motifs is 1. The van der Waals surface area contributed by atoms with Crippen LogP contribution in [-0.4, -0.2) is 24.2 Å². The lowest BCUT2D eigenvalue weighted by Crippen LogP contribution is -1.96. The zero-order valence-corrected chi connectivity index (χ0v) is 14.4. The number of para-hydroxylation sites is 1. The molecule has 0 atom stereocenters. The van der Waals surface area contributed by atoms with Gasteiger partial charge < -0.3 is 0 Å². The molecule has 4 nitrogen and oxygen atoms in total. The van der Waals surface area contributed by atoms with Crippen LogP contribution in [0.25, 0.3) is 27.8 Å². The Morgan fingerprint density at radius 1 is 0.840 bits per heavy atom. The number of rotatable bonds is 3. The second-order valence-corrected chi connectivity index (χ2v) is 7.97. The van der Waals surface area contributed by atoms with Crippen molar-refractivity contribution in [1.29, 1.82) is 0 Å². The minimum atomic E-state index is -3.23. The molecule has 25 heavy (non-hydrogen) atoms. The third kappa shape index (κ3) is 2.94. The first kappa shape index (κ1) is 15.6. The van der Waals surface area contributed by atoms with E-state index in [1.54, 1.807) is 24.5 Å². The summed E-state index contributed by atoms with van der Waals surface area (Å²) in [5, 5.41) is 0. The molecule has 0 N–H and O–H groups in total. The first-order valence-electron chi connectivity index (χ1n) is 7.85. The Kier molecular flexibility index (Phi) is 3.66. The zero-order valence-electron chi connectivity index (χ0n) is 13.6. The van der Waals surface area contributed by atoms with Gasteiger partial charge in [0.1, 0.15) is 6.33 Å². The van der Waals surface area contributed by atoms with Crippen molar-refractivity contribution in [2.45, 2.75) is 4.90 Å². The van der Waals surface area contributed by atoms with Crippen molar-refractivity contribution < 1.29 is 8.42 Å². The second-order valence-electron chi connectivity index (χ2n) is 5.95. The van der Waals surface area contributed by atoms with E-state index in [-0.39, 0.29) is 0 Å². The van der Waals surface area contributed by atoms with Crippen LogP contribution in [-0.2, 0) is 9.84 Å². The van der Waals surface area contributed by atoms with E-state index in [4.69, 9.17) is 0 Å². The highest BCUT2D eigenvalue weighted by Gasteiger charge is 2.10. The third-order valence-corrected chi connectivity index (χ3v) is 5.29. The molecule has 0 aliphatic carbocycles. The highest BCUT2D eigenvalue weighted by atomic mass is 32.2. The maximum Gasteiger partial charge on any atom is 0.175 e. The lowest BCUT2D eigenvalue weighted by Gasteiger charge is -2.06. The summed E-state index contributed by atoms with van der Waals surface area (Å²) in [5.41, 5.74) is 4.73. The summed E-state index contributed by atoms with van der Waals surface area (Å²) in [6.45, 7) is 0. The first-order valence-corrected chi connectivity index (χ1v) is 9.74. The Bertz CT molecular complexity index is 1160. The minimum absolute atomic E-state index is 0.319. The molecular weight excluding hydrogens is 332 g/mol. The van der Waals surface area contributed by atoms with Gasteiger partial charge in [-0.25, -0.2) is 13.4 Å². The Morgan fingerprint density at radius 3 is 2.36 bits per heavy atom. The van der Waals surface area contributed by atoms with Gasteiger partial charge in [0.15, 0.2) is 9.84 Å². The van der Waals surface area contributed by atoms with Gasteiger partial charge in [-0.1, -0.05) is 36.4 Å². The van der Waals surface area contributed by atoms with Gasteiger partial charge >= 0.3 is 0 Å². The largest absolute Gasteiger partial charge is 0.299 e. The first-order chi connectivity index (χ1) is 12.0. The highest BCUT2D eigenvalue weighted by Crippen LogP contribution is 2.27. The molecule has 124 valence electrons. The van der Waals surface area contributed by atoms with Gasteiger partial charge in [-0.3, -0.25) is 4.57 Å². The Labute approximate surface area is 146 Å². The van der Waals surface area contributed by atoms with Crippen LogP contribution in [0.15, 0.2) is 84.0 Å². The zero-order chi connectivity index (χ0) is 17.4. The van der Waals surface area contributed by atoms with Crippen molar-refractivity contribution in [2.75, 3.05) is 6.26 Å². The summed E-state index contributed by atoms with van der Waals surface area (Å²) in [5.74, 6) is 0. The van der Waals surface area contributed by atoms with E-state index >= 15 is 0 Å². The molecule has 0 saturated carbocycles. The van der Waals surface area contributed by atoms with Crippen molar-refractivity contribution in [3.8, 4) is 16.8 Å². The summed E-state index contributed by atoms with van der Waals surface area (Å²) in [7, 11) is -3.23. The number of nitrogens with zero attached hydrogens (tertiary/aromatic N) is 2. The molecule has 0 unspecified atom stereocenters. The fraction of sp³-hybridized carbons (Fsp3) is 0.0500. The van der Waals surface area contributed by atoms with E-state index < -0.39 is 9.84 Å². The van der Waals surface area contributed by atoms with Gasteiger partial charge in [-0.05, 0) is 47.5 Å². The number of sulfone groups is 1. The summed E-state index contributed by atoms with van der Waals surface area (Å²) in [6, 6.07) is 23.0. The van der Waals surface area contributed by atoms with Crippen LogP contribution in [0.5, 0.6) is 0 Å². The molecule has 0 aliphatic heterocycles. The standard InChI is InChI=1S/C20H16N2O2S/c1-25(23,24)18-9-5-6-15(12-18)16-10-11-20-19(13-16)21-14-22(20)17-7-3-2-4-8-17/h2-14H,1H3. The topological polar surface area (TPSA) is 52.0 Å². The molecule has 0 aliphatic rings. The van der Waals surface area contributed by atoms with E-state index in [1.807, 2.05) is 59.2 Å². The maximum atomic E-state index is 11.8. The molecular formula is C20H16N2O2S. The minimum Gasteiger partial charge on any atom is -0.299 e. The van der Waals surface area contributed by atoms with Crippen LogP contribution in [0.3, 0.4) is 0 Å². The molecule has 0 fully saturated rings. The molecule has 3 aromatic carbocycles. The van der Waals surface area contributed by atoms with E-state index in [0.717, 1.165) is 27.8 Å². The second kappa shape index (κ2) is 5.86. The fourth-order valence-corrected chi connectivity index (χ4v) is 3.56. The van der Waals surface area contributed by atoms with Crippen LogP contribution >= 0.6 is 0 Å². The predicted octanol–water partition coefficient (Wildman–Crippen LogP) is 4.10. The Morgan fingerprint density at radius 2 is 1.60 bits per heavy atom. The van der Waals surface area contributed by atoms with Gasteiger partial charge in [0, 0.05) is 11.9 Å². The van der Waals surface area contributed by atoms with E-state index in [2.05, 4.69) is 4.98 Å².